The Morgan fingerprint density at radius 3 is 2.50 bits per heavy atom. The number of halogens is 2. The number of hydrogen-bond donors (Lipinski definition) is 0. The van der Waals surface area contributed by atoms with Crippen LogP contribution in [0.1, 0.15) is 33.6 Å². The van der Waals surface area contributed by atoms with Gasteiger partial charge < -0.3 is 14.2 Å². The number of nitrogens with zero attached hydrogens (tertiary/aromatic N) is 5. The van der Waals surface area contributed by atoms with Crippen LogP contribution in [-0.2, 0) is 15.9 Å². The van der Waals surface area contributed by atoms with Crippen molar-refractivity contribution in [1.82, 2.24) is 19.9 Å². The number of aromatic nitrogens is 3. The number of hydrogen-bond acceptors (Lipinski definition) is 7. The van der Waals surface area contributed by atoms with Gasteiger partial charge in [0.05, 0.1) is 17.5 Å². The Bertz CT molecular complexity index is 988. The molecule has 4 heterocycles. The van der Waals surface area contributed by atoms with Crippen molar-refractivity contribution in [2.45, 2.75) is 56.5 Å². The Balaban J connectivity index is 1.70. The van der Waals surface area contributed by atoms with Crippen LogP contribution in [0.5, 0.6) is 0 Å². The lowest BCUT2D eigenvalue weighted by atomic mass is 10.1. The zero-order chi connectivity index (χ0) is 21.8. The summed E-state index contributed by atoms with van der Waals surface area (Å²) in [6, 6.07) is -0.103. The van der Waals surface area contributed by atoms with Crippen molar-refractivity contribution in [3.8, 4) is 0 Å². The van der Waals surface area contributed by atoms with Crippen molar-refractivity contribution in [3.63, 3.8) is 0 Å². The second-order valence-corrected chi connectivity index (χ2v) is 10.2. The van der Waals surface area contributed by atoms with Crippen LogP contribution in [0.15, 0.2) is 11.4 Å². The van der Waals surface area contributed by atoms with E-state index in [0.717, 1.165) is 12.8 Å². The van der Waals surface area contributed by atoms with E-state index in [4.69, 9.17) is 16.3 Å². The molecular formula is C19H23ClFN5O3S. The minimum absolute atomic E-state index is 0.00730. The van der Waals surface area contributed by atoms with Gasteiger partial charge in [-0.05, 0) is 33.6 Å². The summed E-state index contributed by atoms with van der Waals surface area (Å²) in [6.45, 7) is 6.53. The van der Waals surface area contributed by atoms with E-state index in [-0.39, 0.29) is 34.0 Å². The number of anilines is 1. The Kier molecular flexibility index (Phi) is 5.44. The van der Waals surface area contributed by atoms with Crippen LogP contribution in [0.25, 0.3) is 10.9 Å². The van der Waals surface area contributed by atoms with Crippen molar-refractivity contribution < 1.29 is 18.5 Å². The maximum atomic E-state index is 14.6. The first kappa shape index (κ1) is 21.3. The fraction of sp³-hybridized carbons (Fsp3) is 0.579. The molecule has 2 saturated heterocycles. The number of ether oxygens (including phenoxy) is 1. The summed E-state index contributed by atoms with van der Waals surface area (Å²) in [5.41, 5.74) is -0.578. The molecule has 0 aliphatic carbocycles. The van der Waals surface area contributed by atoms with Gasteiger partial charge in [0, 0.05) is 30.5 Å². The molecule has 4 rings (SSSR count). The van der Waals surface area contributed by atoms with E-state index >= 15 is 0 Å². The molecule has 2 aliphatic rings. The highest BCUT2D eigenvalue weighted by atomic mass is 35.5. The number of carbonyl (C=O) groups excluding carboxylic acids is 1. The molecular weight excluding hydrogens is 433 g/mol. The molecule has 2 aliphatic heterocycles. The third kappa shape index (κ3) is 3.88. The number of fused-ring (bicyclic) bond motifs is 3. The predicted octanol–water partition coefficient (Wildman–Crippen LogP) is 3.14. The molecule has 8 nitrogen and oxygen atoms in total. The largest absolute Gasteiger partial charge is 0.609 e. The van der Waals surface area contributed by atoms with Crippen LogP contribution < -0.4 is 4.90 Å². The summed E-state index contributed by atoms with van der Waals surface area (Å²) in [5.74, 6) is -0.311. The number of rotatable bonds is 2. The van der Waals surface area contributed by atoms with Crippen LogP contribution in [-0.4, -0.2) is 67.5 Å². The van der Waals surface area contributed by atoms with Crippen LogP contribution in [0.2, 0.25) is 5.15 Å². The molecule has 2 fully saturated rings. The lowest BCUT2D eigenvalue weighted by Gasteiger charge is -2.42. The molecule has 2 bridgehead atoms. The third-order valence-corrected chi connectivity index (χ3v) is 6.20. The quantitative estimate of drug-likeness (QED) is 0.390. The van der Waals surface area contributed by atoms with Crippen LogP contribution >= 0.6 is 11.6 Å². The molecule has 2 aromatic heterocycles. The van der Waals surface area contributed by atoms with E-state index in [0.29, 0.717) is 24.3 Å². The normalized spacial score (nSPS) is 22.5. The average molecular weight is 456 g/mol. The summed E-state index contributed by atoms with van der Waals surface area (Å²) >= 11 is 4.32. The second kappa shape index (κ2) is 7.65. The van der Waals surface area contributed by atoms with Gasteiger partial charge in [0.2, 0.25) is 0 Å². The Morgan fingerprint density at radius 2 is 1.93 bits per heavy atom. The van der Waals surface area contributed by atoms with Crippen LogP contribution in [0.4, 0.5) is 15.0 Å². The molecule has 162 valence electrons. The zero-order valence-electron chi connectivity index (χ0n) is 17.2. The zero-order valence-corrected chi connectivity index (χ0v) is 18.8. The van der Waals surface area contributed by atoms with Gasteiger partial charge in [-0.2, -0.15) is 9.97 Å². The van der Waals surface area contributed by atoms with Crippen molar-refractivity contribution in [2.24, 2.45) is 0 Å². The van der Waals surface area contributed by atoms with Gasteiger partial charge in [0.25, 0.3) is 0 Å². The van der Waals surface area contributed by atoms with Gasteiger partial charge in [0.15, 0.2) is 11.0 Å². The highest BCUT2D eigenvalue weighted by Crippen LogP contribution is 2.36. The number of carbonyl (C=O) groups is 1. The van der Waals surface area contributed by atoms with Crippen molar-refractivity contribution in [3.05, 3.63) is 17.2 Å². The molecule has 0 radical (unpaired) electrons. The predicted molar refractivity (Wildman–Crippen MR) is 112 cm³/mol. The van der Waals surface area contributed by atoms with Gasteiger partial charge >= 0.3 is 11.2 Å². The van der Waals surface area contributed by atoms with Crippen molar-refractivity contribution >= 4 is 45.6 Å². The van der Waals surface area contributed by atoms with Gasteiger partial charge in [-0.25, -0.2) is 14.2 Å². The smallest absolute Gasteiger partial charge is 0.410 e. The van der Waals surface area contributed by atoms with E-state index in [1.165, 1.54) is 12.5 Å². The molecule has 1 amide bonds. The van der Waals surface area contributed by atoms with E-state index in [1.54, 1.807) is 4.90 Å². The van der Waals surface area contributed by atoms with Gasteiger partial charge in [-0.1, -0.05) is 11.6 Å². The first-order chi connectivity index (χ1) is 14.0. The fourth-order valence-corrected chi connectivity index (χ4v) is 4.63. The summed E-state index contributed by atoms with van der Waals surface area (Å²) in [7, 11) is 0. The topological polar surface area (TPSA) is 94.5 Å². The Morgan fingerprint density at radius 1 is 1.30 bits per heavy atom. The molecule has 1 unspecified atom stereocenters. The minimum Gasteiger partial charge on any atom is -0.609 e. The highest BCUT2D eigenvalue weighted by Gasteiger charge is 2.45. The highest BCUT2D eigenvalue weighted by molar-refractivity contribution is 7.90. The summed E-state index contributed by atoms with van der Waals surface area (Å²) in [6.07, 6.45) is 4.23. The first-order valence-electron chi connectivity index (χ1n) is 9.66. The molecule has 0 saturated carbocycles. The summed E-state index contributed by atoms with van der Waals surface area (Å²) < 4.78 is 32.2. The molecule has 3 atom stereocenters. The SMILES string of the molecule is C[S+]([O-])c1nc(N2C[C@H]3CC[C@@H](C2)N3C(=O)OC(C)(C)C)c2cnc(Cl)c(F)c2n1. The lowest BCUT2D eigenvalue weighted by Crippen LogP contribution is -2.57. The Hall–Kier alpha value is -1.91. The lowest BCUT2D eigenvalue weighted by molar-refractivity contribution is 0.0123. The van der Waals surface area contributed by atoms with Crippen LogP contribution in [0.3, 0.4) is 0 Å². The van der Waals surface area contributed by atoms with E-state index < -0.39 is 22.6 Å². The van der Waals surface area contributed by atoms with Gasteiger partial charge in [-0.3, -0.25) is 4.90 Å². The van der Waals surface area contributed by atoms with Gasteiger partial charge in [0.1, 0.15) is 23.2 Å². The van der Waals surface area contributed by atoms with E-state index in [1.807, 2.05) is 25.7 Å². The first-order valence-corrected chi connectivity index (χ1v) is 11.6. The molecule has 0 aromatic carbocycles. The monoisotopic (exact) mass is 455 g/mol. The summed E-state index contributed by atoms with van der Waals surface area (Å²) in [5, 5.41) is 0.131. The maximum Gasteiger partial charge on any atom is 0.410 e. The molecule has 2 aromatic rings. The van der Waals surface area contributed by atoms with Crippen LogP contribution in [0, 0.1) is 5.82 Å². The molecule has 0 spiro atoms. The maximum absolute atomic E-state index is 14.6. The number of pyridine rings is 1. The van der Waals surface area contributed by atoms with Crippen molar-refractivity contribution in [2.75, 3.05) is 24.2 Å². The van der Waals surface area contributed by atoms with E-state index in [9.17, 15) is 13.7 Å². The standard InChI is InChI=1S/C19H23ClFN5O3S/c1-19(2,3)29-18(27)26-10-5-6-11(26)9-25(8-10)16-12-7-22-15(20)13(21)14(12)23-17(24-16)30(4)28/h7,10-11H,5-6,8-9H2,1-4H3/t10-,11+,30?. The van der Waals surface area contributed by atoms with E-state index in [2.05, 4.69) is 15.0 Å². The molecule has 11 heteroatoms. The second-order valence-electron chi connectivity index (χ2n) is 8.59. The summed E-state index contributed by atoms with van der Waals surface area (Å²) in [4.78, 5) is 28.9. The molecule has 0 N–H and O–H groups in total. The average Bonchev–Trinajstić information content (AvgIpc) is 2.93. The minimum atomic E-state index is -1.51. The van der Waals surface area contributed by atoms with Crippen molar-refractivity contribution in [1.29, 1.82) is 0 Å². The molecule has 30 heavy (non-hydrogen) atoms. The number of amides is 1. The Labute approximate surface area is 181 Å². The number of piperazine rings is 1. The van der Waals surface area contributed by atoms with Gasteiger partial charge in [-0.15, -0.1) is 0 Å². The third-order valence-electron chi connectivity index (χ3n) is 5.24. The fourth-order valence-electron chi connectivity index (χ4n) is 4.06.